The Morgan fingerprint density at radius 3 is 0.632 bits per heavy atom. The number of benzene rings is 9. The highest BCUT2D eigenvalue weighted by Gasteiger charge is 2.62. The van der Waals surface area contributed by atoms with Gasteiger partial charge in [-0.05, 0) is 55.6 Å². The molecule has 2 heterocycles. The van der Waals surface area contributed by atoms with Crippen LogP contribution in [0.2, 0.25) is 0 Å². The monoisotopic (exact) mass is 868 g/mol. The van der Waals surface area contributed by atoms with Crippen molar-refractivity contribution in [2.45, 2.75) is 10.8 Å². The van der Waals surface area contributed by atoms with Crippen LogP contribution in [0.1, 0.15) is 45.0 Å². The van der Waals surface area contributed by atoms with E-state index >= 15 is 0 Å². The molecule has 6 heteroatoms. The predicted molar refractivity (Wildman–Crippen MR) is 270 cm³/mol. The van der Waals surface area contributed by atoms with E-state index in [9.17, 15) is 0 Å². The Hall–Kier alpha value is -9.00. The zero-order valence-electron chi connectivity index (χ0n) is 36.8. The largest absolute Gasteiger partial charge is 0.211 e. The molecule has 0 saturated carbocycles. The summed E-state index contributed by atoms with van der Waals surface area (Å²) in [7, 11) is 0. The van der Waals surface area contributed by atoms with E-state index in [0.717, 1.165) is 77.9 Å². The Bertz CT molecular complexity index is 3290. The Labute approximate surface area is 394 Å². The average molecular weight is 869 g/mol. The fourth-order valence-corrected chi connectivity index (χ4v) is 10.7. The molecule has 9 aromatic carbocycles. The van der Waals surface area contributed by atoms with E-state index in [4.69, 9.17) is 29.9 Å². The molecule has 0 saturated heterocycles. The van der Waals surface area contributed by atoms with Crippen molar-refractivity contribution >= 4 is 0 Å². The Morgan fingerprint density at radius 2 is 0.368 bits per heavy atom. The molecule has 14 rings (SSSR count). The molecule has 68 heavy (non-hydrogen) atoms. The first-order valence-electron chi connectivity index (χ1n) is 23.0. The van der Waals surface area contributed by atoms with E-state index in [1.54, 1.807) is 0 Å². The van der Waals surface area contributed by atoms with Crippen LogP contribution in [0, 0.1) is 0 Å². The maximum Gasteiger partial charge on any atom is 0.163 e. The van der Waals surface area contributed by atoms with Gasteiger partial charge in [0.05, 0.1) is 0 Å². The summed E-state index contributed by atoms with van der Waals surface area (Å²) in [5.74, 6) is 3.71. The second-order valence-corrected chi connectivity index (χ2v) is 17.4. The molecule has 3 aliphatic carbocycles. The van der Waals surface area contributed by atoms with Crippen LogP contribution in [0.3, 0.4) is 0 Å². The third-order valence-electron chi connectivity index (χ3n) is 13.7. The number of aromatic nitrogens is 6. The summed E-state index contributed by atoms with van der Waals surface area (Å²) >= 11 is 0. The van der Waals surface area contributed by atoms with Gasteiger partial charge in [0.1, 0.15) is 10.8 Å². The van der Waals surface area contributed by atoms with E-state index in [1.807, 2.05) is 48.5 Å². The minimum absolute atomic E-state index is 0.602. The highest BCUT2D eigenvalue weighted by molar-refractivity contribution is 5.82. The molecule has 0 atom stereocenters. The Balaban J connectivity index is 1.07. The minimum atomic E-state index is -0.942. The first-order valence-corrected chi connectivity index (χ1v) is 23.0. The van der Waals surface area contributed by atoms with Crippen molar-refractivity contribution in [3.8, 4) is 67.8 Å². The van der Waals surface area contributed by atoms with Crippen molar-refractivity contribution in [3.05, 3.63) is 288 Å². The van der Waals surface area contributed by atoms with E-state index in [2.05, 4.69) is 194 Å². The van der Waals surface area contributed by atoms with Crippen LogP contribution in [-0.2, 0) is 10.8 Å². The first kappa shape index (κ1) is 39.4. The van der Waals surface area contributed by atoms with Crippen molar-refractivity contribution < 1.29 is 0 Å². The van der Waals surface area contributed by atoms with Gasteiger partial charge in [-0.2, -0.15) is 0 Å². The van der Waals surface area contributed by atoms with Crippen LogP contribution in [0.25, 0.3) is 67.8 Å². The molecule has 0 N–H and O–H groups in total. The van der Waals surface area contributed by atoms with E-state index < -0.39 is 10.8 Å². The summed E-state index contributed by atoms with van der Waals surface area (Å²) in [4.78, 5) is 32.7. The molecule has 3 aliphatic rings. The summed E-state index contributed by atoms with van der Waals surface area (Å²) in [5, 5.41) is 0. The summed E-state index contributed by atoms with van der Waals surface area (Å²) in [6.07, 6.45) is 0. The van der Waals surface area contributed by atoms with Gasteiger partial charge in [-0.3, -0.25) is 0 Å². The van der Waals surface area contributed by atoms with Gasteiger partial charge in [-0.25, -0.2) is 29.9 Å². The number of nitrogens with zero attached hydrogens (tertiary/aromatic N) is 6. The molecule has 0 unspecified atom stereocenters. The molecule has 318 valence electrons. The van der Waals surface area contributed by atoms with Gasteiger partial charge in [-0.15, -0.1) is 0 Å². The van der Waals surface area contributed by atoms with Crippen LogP contribution in [0.15, 0.2) is 243 Å². The van der Waals surface area contributed by atoms with Crippen LogP contribution in [0.5, 0.6) is 0 Å². The van der Waals surface area contributed by atoms with Gasteiger partial charge in [0.15, 0.2) is 34.9 Å². The first-order chi connectivity index (χ1) is 33.7. The molecule has 0 amide bonds. The number of rotatable bonds is 8. The third kappa shape index (κ3) is 6.04. The summed E-state index contributed by atoms with van der Waals surface area (Å²) in [5.41, 5.74) is 12.7. The number of hydrogen-bond acceptors (Lipinski definition) is 6. The summed E-state index contributed by atoms with van der Waals surface area (Å²) in [6, 6.07) is 84.7. The average Bonchev–Trinajstić information content (AvgIpc) is 3.43. The summed E-state index contributed by atoms with van der Waals surface area (Å²) in [6.45, 7) is 0. The van der Waals surface area contributed by atoms with E-state index in [1.165, 1.54) is 0 Å². The third-order valence-corrected chi connectivity index (χ3v) is 13.7. The second kappa shape index (κ2) is 15.9. The maximum atomic E-state index is 5.59. The summed E-state index contributed by atoms with van der Waals surface area (Å²) < 4.78 is 0. The molecule has 6 nitrogen and oxygen atoms in total. The fourth-order valence-electron chi connectivity index (χ4n) is 10.7. The molecular formula is C62H40N6. The minimum Gasteiger partial charge on any atom is -0.211 e. The van der Waals surface area contributed by atoms with Gasteiger partial charge in [0.2, 0.25) is 0 Å². The highest BCUT2D eigenvalue weighted by atomic mass is 15.1. The van der Waals surface area contributed by atoms with Crippen LogP contribution in [0.4, 0.5) is 0 Å². The lowest BCUT2D eigenvalue weighted by atomic mass is 9.46. The SMILES string of the molecule is c1ccc(-c2ccc(-c3nc(-c4ccccc4)nc(C45c6ccccc6C(c6nc(-c7ccccc7)nc(-c7ccc(-c8ccccc8)cc7)n6)(c6ccccc64)c4ccccc45)n3)cc2)cc1. The highest BCUT2D eigenvalue weighted by Crippen LogP contribution is 2.65. The number of hydrogen-bond donors (Lipinski definition) is 0. The maximum absolute atomic E-state index is 5.59. The second-order valence-electron chi connectivity index (χ2n) is 17.4. The lowest BCUT2D eigenvalue weighted by Gasteiger charge is -2.55. The molecule has 2 bridgehead atoms. The van der Waals surface area contributed by atoms with Gasteiger partial charge in [-0.1, -0.05) is 243 Å². The Kier molecular flexibility index (Phi) is 9.18. The van der Waals surface area contributed by atoms with E-state index in [0.29, 0.717) is 34.9 Å². The van der Waals surface area contributed by atoms with Crippen LogP contribution in [-0.4, -0.2) is 29.9 Å². The molecule has 11 aromatic rings. The van der Waals surface area contributed by atoms with Crippen molar-refractivity contribution in [1.29, 1.82) is 0 Å². The topological polar surface area (TPSA) is 77.3 Å². The molecule has 0 aliphatic heterocycles. The van der Waals surface area contributed by atoms with E-state index in [-0.39, 0.29) is 0 Å². The Morgan fingerprint density at radius 1 is 0.176 bits per heavy atom. The molecule has 0 radical (unpaired) electrons. The van der Waals surface area contributed by atoms with Crippen molar-refractivity contribution in [3.63, 3.8) is 0 Å². The normalized spacial score (nSPS) is 16.4. The zero-order valence-corrected chi connectivity index (χ0v) is 36.8. The molecule has 2 aromatic heterocycles. The lowest BCUT2D eigenvalue weighted by molar-refractivity contribution is 0.517. The van der Waals surface area contributed by atoms with Gasteiger partial charge >= 0.3 is 0 Å². The zero-order chi connectivity index (χ0) is 45.1. The molecular weight excluding hydrogens is 829 g/mol. The fraction of sp³-hybridized carbons (Fsp3) is 0.0323. The van der Waals surface area contributed by atoms with Crippen LogP contribution < -0.4 is 0 Å². The lowest BCUT2D eigenvalue weighted by Crippen LogP contribution is -2.53. The standard InChI is InChI=1S/C62H40N6/c1-5-19-41(20-6-1)43-33-37-47(38-34-43)57-63-55(45-23-9-3-10-24-45)65-59(67-57)61-49-27-13-16-30-52(49)62(53-31-17-14-28-50(53)61,54-32-18-15-29-51(54)61)60-66-56(46-25-11-4-12-26-46)64-58(68-60)48-39-35-44(36-40-48)42-21-7-2-8-22-42/h1-40H. The smallest absolute Gasteiger partial charge is 0.163 e. The van der Waals surface area contributed by atoms with Crippen molar-refractivity contribution in [2.75, 3.05) is 0 Å². The van der Waals surface area contributed by atoms with Gasteiger partial charge in [0, 0.05) is 22.3 Å². The van der Waals surface area contributed by atoms with Crippen molar-refractivity contribution in [2.24, 2.45) is 0 Å². The molecule has 0 spiro atoms. The predicted octanol–water partition coefficient (Wildman–Crippen LogP) is 13.5. The quantitative estimate of drug-likeness (QED) is 0.151. The van der Waals surface area contributed by atoms with Gasteiger partial charge < -0.3 is 0 Å². The van der Waals surface area contributed by atoms with Crippen molar-refractivity contribution in [1.82, 2.24) is 29.9 Å². The molecule has 0 fully saturated rings. The van der Waals surface area contributed by atoms with Gasteiger partial charge in [0.25, 0.3) is 0 Å². The van der Waals surface area contributed by atoms with Crippen LogP contribution >= 0.6 is 0 Å².